The molecule has 0 fully saturated rings. The number of hydrogen-bond donors (Lipinski definition) is 1. The van der Waals surface area contributed by atoms with E-state index >= 15 is 0 Å². The Hall–Kier alpha value is -3.10. The topological polar surface area (TPSA) is 64.6 Å². The van der Waals surface area contributed by atoms with Crippen LogP contribution in [0.5, 0.6) is 11.5 Å². The molecule has 0 bridgehead atoms. The van der Waals surface area contributed by atoms with Gasteiger partial charge in [0.2, 0.25) is 0 Å². The molecule has 2 rings (SSSR count). The van der Waals surface area contributed by atoms with E-state index in [4.69, 9.17) is 4.74 Å². The lowest BCUT2D eigenvalue weighted by Gasteiger charge is -2.18. The number of hydrogen-bond acceptors (Lipinski definition) is 5. The number of carbonyl (C=O) groups excluding carboxylic acids is 2. The number of carbonyl (C=O) groups is 2. The Balaban J connectivity index is 2.55. The van der Waals surface area contributed by atoms with Crippen molar-refractivity contribution >= 4 is 17.9 Å². The van der Waals surface area contributed by atoms with Gasteiger partial charge in [0.15, 0.2) is 11.6 Å². The second-order valence-electron chi connectivity index (χ2n) is 6.09. The molecule has 0 amide bonds. The van der Waals surface area contributed by atoms with E-state index in [1.54, 1.807) is 13.8 Å². The Morgan fingerprint density at radius 2 is 1.82 bits per heavy atom. The summed E-state index contributed by atoms with van der Waals surface area (Å²) < 4.78 is 64.0. The predicted octanol–water partition coefficient (Wildman–Crippen LogP) is 5.06. The molecule has 0 spiro atoms. The third-order valence-corrected chi connectivity index (χ3v) is 3.59. The van der Waals surface area contributed by atoms with E-state index in [9.17, 15) is 27.2 Å². The maximum Gasteiger partial charge on any atom is 0.420 e. The Labute approximate surface area is 158 Å². The fourth-order valence-electron chi connectivity index (χ4n) is 2.39. The van der Waals surface area contributed by atoms with E-state index < -0.39 is 35.0 Å². The Morgan fingerprint density at radius 3 is 2.36 bits per heavy atom. The molecular formula is C19H17F4NO4. The largest absolute Gasteiger partial charge is 0.465 e. The van der Waals surface area contributed by atoms with Crippen LogP contribution in [-0.4, -0.2) is 25.4 Å². The minimum atomic E-state index is -4.84. The van der Waals surface area contributed by atoms with E-state index in [0.717, 1.165) is 31.4 Å². The Morgan fingerprint density at radius 1 is 1.14 bits per heavy atom. The summed E-state index contributed by atoms with van der Waals surface area (Å²) in [5, 5.41) is 2.86. The highest BCUT2D eigenvalue weighted by Crippen LogP contribution is 2.40. The van der Waals surface area contributed by atoms with Crippen LogP contribution in [-0.2, 0) is 10.9 Å². The van der Waals surface area contributed by atoms with Gasteiger partial charge >= 0.3 is 12.1 Å². The monoisotopic (exact) mass is 399 g/mol. The first-order valence-electron chi connectivity index (χ1n) is 8.09. The molecule has 0 unspecified atom stereocenters. The van der Waals surface area contributed by atoms with Crippen LogP contribution >= 0.6 is 0 Å². The molecule has 0 heterocycles. The Bertz CT molecular complexity index is 894. The minimum absolute atomic E-state index is 0.106. The van der Waals surface area contributed by atoms with Gasteiger partial charge in [0.25, 0.3) is 0 Å². The van der Waals surface area contributed by atoms with E-state index in [0.29, 0.717) is 6.07 Å². The maximum absolute atomic E-state index is 14.5. The molecule has 0 saturated carbocycles. The van der Waals surface area contributed by atoms with Crippen LogP contribution in [0.3, 0.4) is 0 Å². The molecule has 0 saturated heterocycles. The highest BCUT2D eigenvalue weighted by Gasteiger charge is 2.35. The van der Waals surface area contributed by atoms with Gasteiger partial charge in [-0.3, -0.25) is 4.79 Å². The molecule has 0 aliphatic carbocycles. The summed E-state index contributed by atoms with van der Waals surface area (Å²) in [5.74, 6) is -3.11. The summed E-state index contributed by atoms with van der Waals surface area (Å²) in [7, 11) is 1.12. The van der Waals surface area contributed by atoms with Gasteiger partial charge < -0.3 is 14.8 Å². The molecule has 150 valence electrons. The van der Waals surface area contributed by atoms with Crippen LogP contribution in [0.15, 0.2) is 30.3 Å². The van der Waals surface area contributed by atoms with Crippen molar-refractivity contribution in [1.82, 2.24) is 0 Å². The number of aldehydes is 1. The predicted molar refractivity (Wildman–Crippen MR) is 93.4 cm³/mol. The van der Waals surface area contributed by atoms with Gasteiger partial charge in [0.05, 0.1) is 23.9 Å². The van der Waals surface area contributed by atoms with E-state index in [1.165, 1.54) is 0 Å². The van der Waals surface area contributed by atoms with Crippen molar-refractivity contribution in [3.63, 3.8) is 0 Å². The van der Waals surface area contributed by atoms with Crippen LogP contribution < -0.4 is 10.1 Å². The molecule has 0 radical (unpaired) electrons. The number of alkyl halides is 3. The number of anilines is 1. The summed E-state index contributed by atoms with van der Waals surface area (Å²) in [4.78, 5) is 22.7. The van der Waals surface area contributed by atoms with Gasteiger partial charge in [-0.05, 0) is 32.0 Å². The zero-order valence-electron chi connectivity index (χ0n) is 15.2. The summed E-state index contributed by atoms with van der Waals surface area (Å²) in [6, 6.07) is 4.35. The van der Waals surface area contributed by atoms with Gasteiger partial charge in [0.1, 0.15) is 12.0 Å². The van der Waals surface area contributed by atoms with Gasteiger partial charge in [-0.15, -0.1) is 0 Å². The van der Waals surface area contributed by atoms with Crippen molar-refractivity contribution in [3.8, 4) is 11.5 Å². The van der Waals surface area contributed by atoms with Gasteiger partial charge in [-0.1, -0.05) is 0 Å². The van der Waals surface area contributed by atoms with Gasteiger partial charge in [-0.25, -0.2) is 9.18 Å². The lowest BCUT2D eigenvalue weighted by molar-refractivity contribution is -0.138. The number of esters is 1. The highest BCUT2D eigenvalue weighted by molar-refractivity contribution is 5.96. The minimum Gasteiger partial charge on any atom is -0.465 e. The van der Waals surface area contributed by atoms with Crippen LogP contribution in [0.1, 0.15) is 40.1 Å². The third kappa shape index (κ3) is 4.79. The molecule has 2 aromatic carbocycles. The fourth-order valence-corrected chi connectivity index (χ4v) is 2.39. The molecular weight excluding hydrogens is 382 g/mol. The van der Waals surface area contributed by atoms with E-state index in [2.05, 4.69) is 10.1 Å². The molecule has 9 heteroatoms. The second kappa shape index (κ2) is 8.28. The van der Waals surface area contributed by atoms with Crippen molar-refractivity contribution in [2.24, 2.45) is 0 Å². The normalized spacial score (nSPS) is 11.3. The fraction of sp³-hybridized carbons (Fsp3) is 0.263. The van der Waals surface area contributed by atoms with Crippen molar-refractivity contribution in [2.75, 3.05) is 12.4 Å². The number of rotatable bonds is 6. The maximum atomic E-state index is 14.5. The molecule has 5 nitrogen and oxygen atoms in total. The first kappa shape index (κ1) is 21.2. The number of halogens is 4. The quantitative estimate of drug-likeness (QED) is 0.418. The second-order valence-corrected chi connectivity index (χ2v) is 6.09. The SMILES string of the molecule is COC(=O)c1cc(Oc2ccc(C=O)cc2C(F)(F)F)c(F)cc1NC(C)C. The zero-order valence-corrected chi connectivity index (χ0v) is 15.2. The third-order valence-electron chi connectivity index (χ3n) is 3.59. The summed E-state index contributed by atoms with van der Waals surface area (Å²) in [6.45, 7) is 3.52. The molecule has 0 atom stereocenters. The van der Waals surface area contributed by atoms with Gasteiger partial charge in [0, 0.05) is 23.7 Å². The smallest absolute Gasteiger partial charge is 0.420 e. The van der Waals surface area contributed by atoms with Crippen molar-refractivity contribution in [3.05, 3.63) is 52.8 Å². The average Bonchev–Trinajstić information content (AvgIpc) is 2.62. The number of methoxy groups -OCH3 is 1. The molecule has 1 N–H and O–H groups in total. The molecule has 2 aromatic rings. The highest BCUT2D eigenvalue weighted by atomic mass is 19.4. The van der Waals surface area contributed by atoms with Crippen molar-refractivity contribution in [2.45, 2.75) is 26.1 Å². The average molecular weight is 399 g/mol. The molecule has 0 aliphatic rings. The van der Waals surface area contributed by atoms with Crippen molar-refractivity contribution in [1.29, 1.82) is 0 Å². The van der Waals surface area contributed by atoms with E-state index in [1.807, 2.05) is 0 Å². The lowest BCUT2D eigenvalue weighted by Crippen LogP contribution is -2.15. The Kier molecular flexibility index (Phi) is 6.27. The van der Waals surface area contributed by atoms with Crippen molar-refractivity contribution < 1.29 is 36.6 Å². The summed E-state index contributed by atoms with van der Waals surface area (Å²) in [5.41, 5.74) is -1.46. The molecule has 0 aromatic heterocycles. The van der Waals surface area contributed by atoms with Gasteiger partial charge in [-0.2, -0.15) is 13.2 Å². The number of nitrogens with one attached hydrogen (secondary N) is 1. The zero-order chi connectivity index (χ0) is 21.1. The molecule has 28 heavy (non-hydrogen) atoms. The number of benzene rings is 2. The van der Waals surface area contributed by atoms with Crippen LogP contribution in [0.2, 0.25) is 0 Å². The summed E-state index contributed by atoms with van der Waals surface area (Å²) in [6.07, 6.45) is -4.59. The van der Waals surface area contributed by atoms with Crippen LogP contribution in [0, 0.1) is 5.82 Å². The van der Waals surface area contributed by atoms with Crippen LogP contribution in [0.25, 0.3) is 0 Å². The molecule has 0 aliphatic heterocycles. The van der Waals surface area contributed by atoms with E-state index in [-0.39, 0.29) is 29.1 Å². The first-order chi connectivity index (χ1) is 13.1. The lowest BCUT2D eigenvalue weighted by atomic mass is 10.1. The first-order valence-corrected chi connectivity index (χ1v) is 8.09. The van der Waals surface area contributed by atoms with Crippen LogP contribution in [0.4, 0.5) is 23.2 Å². The standard InChI is InChI=1S/C19H17F4NO4/c1-10(2)24-15-8-14(20)17(7-12(15)18(26)27-3)28-16-5-4-11(9-25)6-13(16)19(21,22)23/h4-10,24H,1-3H3. The number of ether oxygens (including phenoxy) is 2. The summed E-state index contributed by atoms with van der Waals surface area (Å²) >= 11 is 0.